The first-order valence-electron chi connectivity index (χ1n) is 21.2. The van der Waals surface area contributed by atoms with Crippen LogP contribution in [0.3, 0.4) is 0 Å². The van der Waals surface area contributed by atoms with E-state index in [9.17, 15) is 39.0 Å². The molecule has 0 unspecified atom stereocenters. The number of nitrogens with one attached hydrogen (secondary N) is 2. The molecule has 4 bridgehead atoms. The molecule has 6 aliphatic rings. The van der Waals surface area contributed by atoms with Crippen molar-refractivity contribution in [2.45, 2.75) is 103 Å². The maximum absolute atomic E-state index is 13.1. The largest absolute Gasteiger partial charge is 0.396 e. The Balaban J connectivity index is 0.000000177. The van der Waals surface area contributed by atoms with Crippen molar-refractivity contribution >= 4 is 35.8 Å². The number of amides is 4. The first-order valence-corrected chi connectivity index (χ1v) is 21.2. The fourth-order valence-electron chi connectivity index (χ4n) is 9.88. The number of aromatic nitrogens is 2. The second-order valence-electron chi connectivity index (χ2n) is 16.6. The summed E-state index contributed by atoms with van der Waals surface area (Å²) in [6.45, 7) is 9.04. The Hall–Kier alpha value is -4.82. The molecule has 4 N–H and O–H groups in total. The van der Waals surface area contributed by atoms with E-state index in [4.69, 9.17) is 0 Å². The number of hydrogen-bond acceptors (Lipinski definition) is 8. The molecule has 2 aliphatic carbocycles. The molecule has 14 nitrogen and oxygen atoms in total. The molecule has 2 aromatic heterocycles. The van der Waals surface area contributed by atoms with E-state index < -0.39 is 23.9 Å². The number of aliphatic hydroxyl groups is 2. The summed E-state index contributed by atoms with van der Waals surface area (Å²) in [7, 11) is 0. The lowest BCUT2D eigenvalue weighted by atomic mass is 9.86. The van der Waals surface area contributed by atoms with Gasteiger partial charge in [0.1, 0.15) is 0 Å². The van der Waals surface area contributed by atoms with Gasteiger partial charge in [0.15, 0.2) is 0 Å². The van der Waals surface area contributed by atoms with Crippen LogP contribution in [0.25, 0.3) is 12.2 Å². The number of carbonyl (C=O) groups excluding carboxylic acids is 4. The molecule has 8 atom stereocenters. The smallest absolute Gasteiger partial charge is 0.258 e. The van der Waals surface area contributed by atoms with E-state index in [0.717, 1.165) is 38.5 Å². The van der Waals surface area contributed by atoms with E-state index in [1.807, 2.05) is 61.8 Å². The number of hydrogen-bond donors (Lipinski definition) is 4. The molecule has 2 saturated heterocycles. The molecule has 2 aromatic rings. The molecular formula is C44H58N6O8. The molecule has 0 aromatic carbocycles. The van der Waals surface area contributed by atoms with Crippen LogP contribution in [0.2, 0.25) is 0 Å². The van der Waals surface area contributed by atoms with Crippen LogP contribution in [-0.2, 0) is 32.3 Å². The lowest BCUT2D eigenvalue weighted by Gasteiger charge is -2.38. The summed E-state index contributed by atoms with van der Waals surface area (Å²) in [5.74, 6) is -2.04. The SMILES string of the molecule is C/C=C/c1ccc2n(c1=O)C[C@H]1[C@H](CO)[C@@H](C(=O)NCCC)[C@@H]2N1C(=O)C1CC1.C/C=C\c1ccc2n(c1=O)C[C@H]1[C@H](CO)[C@@H](C(=O)NCCC)[C@@H]2N1C(=O)C1CC1. The van der Waals surface area contributed by atoms with Crippen molar-refractivity contribution in [3.8, 4) is 0 Å². The van der Waals surface area contributed by atoms with Gasteiger partial charge in [-0.25, -0.2) is 0 Å². The van der Waals surface area contributed by atoms with Gasteiger partial charge in [0.2, 0.25) is 23.6 Å². The zero-order valence-electron chi connectivity index (χ0n) is 34.0. The van der Waals surface area contributed by atoms with Gasteiger partial charge in [-0.2, -0.15) is 0 Å². The van der Waals surface area contributed by atoms with Gasteiger partial charge in [-0.1, -0.05) is 38.2 Å². The molecule has 8 rings (SSSR count). The van der Waals surface area contributed by atoms with Crippen LogP contribution < -0.4 is 21.8 Å². The summed E-state index contributed by atoms with van der Waals surface area (Å²) < 4.78 is 3.41. The molecule has 312 valence electrons. The normalized spacial score (nSPS) is 27.9. The predicted octanol–water partition coefficient (Wildman–Crippen LogP) is 2.62. The van der Waals surface area contributed by atoms with Gasteiger partial charge in [0.05, 0.1) is 36.0 Å². The Morgan fingerprint density at radius 2 is 1.03 bits per heavy atom. The summed E-state index contributed by atoms with van der Waals surface area (Å²) in [6, 6.07) is 5.55. The van der Waals surface area contributed by atoms with Gasteiger partial charge in [-0.05, 0) is 76.6 Å². The lowest BCUT2D eigenvalue weighted by molar-refractivity contribution is -0.139. The fraction of sp³-hybridized carbons (Fsp3) is 0.591. The average Bonchev–Trinajstić information content (AvgIpc) is 4.17. The molecule has 58 heavy (non-hydrogen) atoms. The molecule has 14 heteroatoms. The number of carbonyl (C=O) groups is 4. The van der Waals surface area contributed by atoms with Crippen LogP contribution in [0.4, 0.5) is 0 Å². The van der Waals surface area contributed by atoms with Crippen molar-refractivity contribution in [1.82, 2.24) is 29.6 Å². The highest BCUT2D eigenvalue weighted by Gasteiger charge is 2.60. The van der Waals surface area contributed by atoms with E-state index in [-0.39, 0.29) is 83.7 Å². The van der Waals surface area contributed by atoms with Crippen LogP contribution >= 0.6 is 0 Å². The molecule has 0 radical (unpaired) electrons. The van der Waals surface area contributed by atoms with Crippen LogP contribution in [0, 0.1) is 35.5 Å². The highest BCUT2D eigenvalue weighted by atomic mass is 16.3. The minimum Gasteiger partial charge on any atom is -0.396 e. The van der Waals surface area contributed by atoms with Gasteiger partial charge < -0.3 is 39.8 Å². The number of allylic oxidation sites excluding steroid dienone is 2. The number of fused-ring (bicyclic) bond motifs is 8. The third-order valence-corrected chi connectivity index (χ3v) is 12.9. The zero-order chi connectivity index (χ0) is 41.4. The van der Waals surface area contributed by atoms with E-state index >= 15 is 0 Å². The zero-order valence-corrected chi connectivity index (χ0v) is 34.0. The Kier molecular flexibility index (Phi) is 12.3. The van der Waals surface area contributed by atoms with Crippen LogP contribution in [0.1, 0.15) is 101 Å². The van der Waals surface area contributed by atoms with E-state index in [1.54, 1.807) is 33.4 Å². The molecular weight excluding hydrogens is 741 g/mol. The van der Waals surface area contributed by atoms with Crippen molar-refractivity contribution in [2.24, 2.45) is 35.5 Å². The van der Waals surface area contributed by atoms with Gasteiger partial charge in [0.25, 0.3) is 11.1 Å². The van der Waals surface area contributed by atoms with Crippen LogP contribution in [0.15, 0.2) is 46.0 Å². The monoisotopic (exact) mass is 798 g/mol. The van der Waals surface area contributed by atoms with Gasteiger partial charge in [0, 0.05) is 85.6 Å². The Bertz CT molecular complexity index is 1950. The van der Waals surface area contributed by atoms with Crippen molar-refractivity contribution < 1.29 is 29.4 Å². The number of rotatable bonds is 12. The Labute approximate surface area is 339 Å². The highest BCUT2D eigenvalue weighted by molar-refractivity contribution is 5.87. The maximum Gasteiger partial charge on any atom is 0.258 e. The minimum atomic E-state index is -0.556. The molecule has 4 amide bonds. The maximum atomic E-state index is 13.1. The standard InChI is InChI=1S/2C22H29N3O4/c2*1-3-5-13-8-9-16-19-18(20(27)23-10-4-2)15(12-26)17(11-24(16)21(13)28)25(19)22(29)14-6-7-14/h2*3,5,8-9,14-15,17-19,26H,4,6-7,10-12H2,1-2H3,(H,23,27)/b5-3+;5-3-/t2*15-,17-,18+,19+/m00/s1. The van der Waals surface area contributed by atoms with Crippen LogP contribution in [-0.4, -0.2) is 91.2 Å². The van der Waals surface area contributed by atoms with Gasteiger partial charge in [-0.15, -0.1) is 0 Å². The van der Waals surface area contributed by atoms with E-state index in [0.29, 0.717) is 48.7 Å². The summed E-state index contributed by atoms with van der Waals surface area (Å²) in [5.41, 5.74) is 2.35. The fourth-order valence-corrected chi connectivity index (χ4v) is 9.88. The Morgan fingerprint density at radius 3 is 1.34 bits per heavy atom. The van der Waals surface area contributed by atoms with E-state index in [2.05, 4.69) is 10.6 Å². The van der Waals surface area contributed by atoms with Crippen molar-refractivity contribution in [1.29, 1.82) is 0 Å². The number of aliphatic hydroxyl groups excluding tert-OH is 2. The van der Waals surface area contributed by atoms with Crippen molar-refractivity contribution in [2.75, 3.05) is 26.3 Å². The highest BCUT2D eigenvalue weighted by Crippen LogP contribution is 2.52. The Morgan fingerprint density at radius 1 is 0.655 bits per heavy atom. The van der Waals surface area contributed by atoms with Crippen molar-refractivity contribution in [3.05, 3.63) is 79.6 Å². The molecule has 0 spiro atoms. The molecule has 4 aliphatic heterocycles. The average molecular weight is 799 g/mol. The quantitative estimate of drug-likeness (QED) is 0.253. The lowest BCUT2D eigenvalue weighted by Crippen LogP contribution is -2.49. The topological polar surface area (TPSA) is 183 Å². The van der Waals surface area contributed by atoms with Gasteiger partial charge >= 0.3 is 0 Å². The molecule has 2 saturated carbocycles. The number of nitrogens with zero attached hydrogens (tertiary/aromatic N) is 4. The second-order valence-corrected chi connectivity index (χ2v) is 16.6. The third kappa shape index (κ3) is 7.27. The summed E-state index contributed by atoms with van der Waals surface area (Å²) >= 11 is 0. The number of pyridine rings is 2. The third-order valence-electron chi connectivity index (χ3n) is 12.9. The first-order chi connectivity index (χ1) is 28.1. The summed E-state index contributed by atoms with van der Waals surface area (Å²) in [4.78, 5) is 82.1. The predicted molar refractivity (Wildman–Crippen MR) is 218 cm³/mol. The van der Waals surface area contributed by atoms with Gasteiger partial charge in [-0.3, -0.25) is 28.8 Å². The minimum absolute atomic E-state index is 0.0114. The van der Waals surface area contributed by atoms with E-state index in [1.165, 1.54) is 0 Å². The second kappa shape index (κ2) is 17.2. The first kappa shape index (κ1) is 41.3. The van der Waals surface area contributed by atoms with Crippen LogP contribution in [0.5, 0.6) is 0 Å². The molecule has 4 fully saturated rings. The summed E-state index contributed by atoms with van der Waals surface area (Å²) in [5, 5.41) is 26.3. The van der Waals surface area contributed by atoms with Crippen molar-refractivity contribution in [3.63, 3.8) is 0 Å². The molecule has 6 heterocycles. The summed E-state index contributed by atoms with van der Waals surface area (Å²) in [6.07, 6.45) is 12.3.